The molecule has 0 bridgehead atoms. The van der Waals surface area contributed by atoms with Crippen LogP contribution in [0.4, 0.5) is 5.69 Å². The highest BCUT2D eigenvalue weighted by Gasteiger charge is 2.28. The molecule has 7 rings (SSSR count). The number of benzene rings is 2. The van der Waals surface area contributed by atoms with Crippen molar-refractivity contribution in [3.8, 4) is 11.1 Å². The van der Waals surface area contributed by atoms with E-state index in [9.17, 15) is 0 Å². The van der Waals surface area contributed by atoms with Crippen molar-refractivity contribution in [1.29, 1.82) is 0 Å². The summed E-state index contributed by atoms with van der Waals surface area (Å²) in [5, 5.41) is 4.62. The molecule has 2 aliphatic heterocycles. The highest BCUT2D eigenvalue weighted by molar-refractivity contribution is 6.36. The van der Waals surface area contributed by atoms with Crippen LogP contribution in [-0.2, 0) is 6.54 Å². The van der Waals surface area contributed by atoms with Gasteiger partial charge in [0.05, 0.1) is 24.1 Å². The molecule has 0 spiro atoms. The van der Waals surface area contributed by atoms with Gasteiger partial charge in [-0.15, -0.1) is 0 Å². The zero-order valence-electron chi connectivity index (χ0n) is 18.8. The molecule has 0 amide bonds. The van der Waals surface area contributed by atoms with Crippen molar-refractivity contribution in [3.05, 3.63) is 84.2 Å². The number of nitrogens with zero attached hydrogens (tertiary/aromatic N) is 3. The molecule has 6 heteroatoms. The number of fused-ring (bicyclic) bond motifs is 4. The molecule has 0 radical (unpaired) electrons. The van der Waals surface area contributed by atoms with Crippen LogP contribution < -0.4 is 5.32 Å². The van der Waals surface area contributed by atoms with Crippen molar-refractivity contribution in [3.63, 3.8) is 0 Å². The molecule has 6 nitrogen and oxygen atoms in total. The number of H-pyrrole nitrogens is 1. The lowest BCUT2D eigenvalue weighted by Gasteiger charge is -2.25. The molecule has 0 unspecified atom stereocenters. The third-order valence-electron chi connectivity index (χ3n) is 6.95. The second-order valence-electron chi connectivity index (χ2n) is 9.09. The van der Waals surface area contributed by atoms with Gasteiger partial charge in [0.25, 0.3) is 0 Å². The smallest absolute Gasteiger partial charge is 0.226 e. The number of piperazine rings is 1. The van der Waals surface area contributed by atoms with Gasteiger partial charge in [-0.05, 0) is 35.4 Å². The van der Waals surface area contributed by atoms with Crippen molar-refractivity contribution < 1.29 is 4.42 Å². The van der Waals surface area contributed by atoms with Crippen LogP contribution in [0.2, 0.25) is 0 Å². The first-order chi connectivity index (χ1) is 16.8. The average molecular weight is 448 g/mol. The van der Waals surface area contributed by atoms with Gasteiger partial charge in [0, 0.05) is 66.4 Å². The lowest BCUT2D eigenvalue weighted by molar-refractivity contribution is 0.216. The predicted octanol–water partition coefficient (Wildman–Crippen LogP) is 5.18. The van der Waals surface area contributed by atoms with Crippen molar-refractivity contribution in [2.75, 3.05) is 26.2 Å². The fourth-order valence-corrected chi connectivity index (χ4v) is 5.29. The third-order valence-corrected chi connectivity index (χ3v) is 6.95. The minimum absolute atomic E-state index is 0.676. The monoisotopic (exact) mass is 447 g/mol. The molecule has 2 N–H and O–H groups in total. The van der Waals surface area contributed by atoms with Crippen molar-refractivity contribution in [2.24, 2.45) is 4.99 Å². The minimum atomic E-state index is 0.676. The second-order valence-corrected chi connectivity index (χ2v) is 9.09. The number of nitrogens with one attached hydrogen (secondary N) is 2. The number of aromatic nitrogens is 2. The molecule has 168 valence electrons. The van der Waals surface area contributed by atoms with E-state index in [1.54, 1.807) is 0 Å². The van der Waals surface area contributed by atoms with Gasteiger partial charge < -0.3 is 14.7 Å². The van der Waals surface area contributed by atoms with Crippen LogP contribution in [0.15, 0.2) is 76.4 Å². The first-order valence-electron chi connectivity index (χ1n) is 11.9. The normalized spacial score (nSPS) is 17.8. The van der Waals surface area contributed by atoms with Crippen LogP contribution in [0.1, 0.15) is 23.6 Å². The Morgan fingerprint density at radius 2 is 1.97 bits per heavy atom. The first-order valence-corrected chi connectivity index (χ1v) is 11.9. The largest absolute Gasteiger partial charge is 0.440 e. The molecule has 3 aliphatic rings. The van der Waals surface area contributed by atoms with E-state index in [1.165, 1.54) is 16.5 Å². The molecule has 0 atom stereocenters. The van der Waals surface area contributed by atoms with Crippen molar-refractivity contribution in [1.82, 2.24) is 20.2 Å². The Morgan fingerprint density at radius 1 is 1.03 bits per heavy atom. The number of oxazole rings is 1. The molecular formula is C28H25N5O. The quantitative estimate of drug-likeness (QED) is 0.452. The van der Waals surface area contributed by atoms with Gasteiger partial charge in [-0.3, -0.25) is 9.89 Å². The van der Waals surface area contributed by atoms with Gasteiger partial charge in [-0.2, -0.15) is 0 Å². The first kappa shape index (κ1) is 19.7. The lowest BCUT2D eigenvalue weighted by Crippen LogP contribution is -2.42. The topological polar surface area (TPSA) is 69.5 Å². The van der Waals surface area contributed by atoms with Crippen LogP contribution in [-0.4, -0.2) is 46.8 Å². The maximum absolute atomic E-state index is 6.27. The Morgan fingerprint density at radius 3 is 2.91 bits per heavy atom. The van der Waals surface area contributed by atoms with Crippen LogP contribution >= 0.6 is 0 Å². The molecule has 1 aliphatic carbocycles. The zero-order valence-corrected chi connectivity index (χ0v) is 18.8. The van der Waals surface area contributed by atoms with Gasteiger partial charge >= 0.3 is 0 Å². The number of rotatable bonds is 4. The summed E-state index contributed by atoms with van der Waals surface area (Å²) in [7, 11) is 0. The number of hydrogen-bond acceptors (Lipinski definition) is 5. The number of aliphatic imine (C=N–C) groups is 1. The Balaban J connectivity index is 1.29. The molecule has 34 heavy (non-hydrogen) atoms. The predicted molar refractivity (Wildman–Crippen MR) is 136 cm³/mol. The van der Waals surface area contributed by atoms with Gasteiger partial charge in [0.1, 0.15) is 5.76 Å². The fourth-order valence-electron chi connectivity index (χ4n) is 5.29. The van der Waals surface area contributed by atoms with E-state index in [0.29, 0.717) is 5.89 Å². The van der Waals surface area contributed by atoms with E-state index in [4.69, 9.17) is 9.41 Å². The summed E-state index contributed by atoms with van der Waals surface area (Å²) in [6.45, 7) is 4.90. The van der Waals surface area contributed by atoms with Gasteiger partial charge in [0.2, 0.25) is 5.89 Å². The molecule has 1 saturated heterocycles. The molecule has 2 aromatic heterocycles. The maximum atomic E-state index is 6.27. The summed E-state index contributed by atoms with van der Waals surface area (Å²) in [6, 6.07) is 15.1. The van der Waals surface area contributed by atoms with Crippen molar-refractivity contribution >= 4 is 33.4 Å². The molecule has 4 aromatic rings. The highest BCUT2D eigenvalue weighted by atomic mass is 16.4. The second kappa shape index (κ2) is 7.94. The van der Waals surface area contributed by atoms with Crippen molar-refractivity contribution in [2.45, 2.75) is 13.0 Å². The molecule has 4 heterocycles. The summed E-state index contributed by atoms with van der Waals surface area (Å²) in [4.78, 5) is 15.4. The lowest BCUT2D eigenvalue weighted by atomic mass is 9.89. The summed E-state index contributed by atoms with van der Waals surface area (Å²) in [5.41, 5.74) is 8.98. The minimum Gasteiger partial charge on any atom is -0.440 e. The fraction of sp³-hybridized carbons (Fsp3) is 0.214. The summed E-state index contributed by atoms with van der Waals surface area (Å²) >= 11 is 0. The number of aromatic amines is 1. The average Bonchev–Trinajstić information content (AvgIpc) is 3.62. The summed E-state index contributed by atoms with van der Waals surface area (Å²) in [6.07, 6.45) is 9.00. The van der Waals surface area contributed by atoms with E-state index >= 15 is 0 Å². The Bertz CT molecular complexity index is 1500. The van der Waals surface area contributed by atoms with Gasteiger partial charge in [0.15, 0.2) is 0 Å². The Labute approximate surface area is 197 Å². The van der Waals surface area contributed by atoms with Gasteiger partial charge in [-0.25, -0.2) is 4.98 Å². The standard InChI is InChI=1S/C28H25N5O/c1-3-20(21-9-10-30-24(21)5-1)18-7-8-25-23(15-18)27-22(4-2-6-26(27)32-25)28-31-16-19(34-28)17-33-13-11-29-12-14-33/h1-5,7-10,15-16,29-30H,6,11-14,17H2. The van der Waals surface area contributed by atoms with E-state index in [2.05, 4.69) is 74.8 Å². The van der Waals surface area contributed by atoms with Crippen LogP contribution in [0.3, 0.4) is 0 Å². The Hall–Kier alpha value is -3.74. The Kier molecular flexibility index (Phi) is 4.60. The molecule has 2 aromatic carbocycles. The van der Waals surface area contributed by atoms with Gasteiger partial charge in [-0.1, -0.05) is 30.4 Å². The summed E-state index contributed by atoms with van der Waals surface area (Å²) < 4.78 is 6.27. The number of hydrogen-bond donors (Lipinski definition) is 2. The summed E-state index contributed by atoms with van der Waals surface area (Å²) in [5.74, 6) is 1.59. The molecule has 0 saturated carbocycles. The molecular weight excluding hydrogens is 422 g/mol. The maximum Gasteiger partial charge on any atom is 0.226 e. The van der Waals surface area contributed by atoms with E-state index in [0.717, 1.165) is 78.5 Å². The highest BCUT2D eigenvalue weighted by Crippen LogP contribution is 2.44. The third kappa shape index (κ3) is 3.26. The van der Waals surface area contributed by atoms with E-state index < -0.39 is 0 Å². The zero-order chi connectivity index (χ0) is 22.5. The van der Waals surface area contributed by atoms with E-state index in [-0.39, 0.29) is 0 Å². The van der Waals surface area contributed by atoms with E-state index in [1.807, 2.05) is 12.4 Å². The SMILES string of the molecule is C1=CC(c2ncc(CN3CCNCC3)o2)=C2C(=Nc3ccc(-c4cccc5[nH]ccc45)cc32)C1. The van der Waals surface area contributed by atoms with Crippen LogP contribution in [0.25, 0.3) is 33.2 Å². The van der Waals surface area contributed by atoms with Crippen LogP contribution in [0.5, 0.6) is 0 Å². The molecule has 1 fully saturated rings. The number of allylic oxidation sites excluding steroid dienone is 4. The van der Waals surface area contributed by atoms with Crippen LogP contribution in [0, 0.1) is 0 Å².